The molecule has 0 atom stereocenters. The van der Waals surface area contributed by atoms with Crippen LogP contribution in [0, 0.1) is 15.9 Å². The second-order valence-corrected chi connectivity index (χ2v) is 5.18. The first kappa shape index (κ1) is 14.6. The monoisotopic (exact) mass is 338 g/mol. The highest BCUT2D eigenvalue weighted by molar-refractivity contribution is 9.10. The Labute approximate surface area is 123 Å². The Balaban J connectivity index is 2.04. The molecule has 0 amide bonds. The fourth-order valence-electron chi connectivity index (χ4n) is 1.86. The molecule has 0 saturated carbocycles. The molecule has 2 rings (SSSR count). The Hall–Kier alpha value is -1.79. The van der Waals surface area contributed by atoms with E-state index >= 15 is 0 Å². The van der Waals surface area contributed by atoms with Gasteiger partial charge >= 0.3 is 0 Å². The van der Waals surface area contributed by atoms with Crippen molar-refractivity contribution in [1.82, 2.24) is 5.32 Å². The number of benzene rings is 2. The van der Waals surface area contributed by atoms with Gasteiger partial charge in [-0.05, 0) is 29.8 Å². The molecule has 0 aliphatic heterocycles. The van der Waals surface area contributed by atoms with Crippen LogP contribution in [-0.4, -0.2) is 4.92 Å². The van der Waals surface area contributed by atoms with E-state index in [4.69, 9.17) is 0 Å². The number of nitro benzene ring substituents is 1. The van der Waals surface area contributed by atoms with Crippen LogP contribution < -0.4 is 5.32 Å². The zero-order valence-corrected chi connectivity index (χ0v) is 12.1. The molecular weight excluding hydrogens is 327 g/mol. The van der Waals surface area contributed by atoms with Crippen LogP contribution in [0.15, 0.2) is 46.9 Å². The molecule has 0 aliphatic carbocycles. The molecule has 0 bridgehead atoms. The first-order valence-corrected chi connectivity index (χ1v) is 6.73. The van der Waals surface area contributed by atoms with Gasteiger partial charge in [-0.2, -0.15) is 0 Å². The van der Waals surface area contributed by atoms with E-state index < -0.39 is 4.92 Å². The van der Waals surface area contributed by atoms with Gasteiger partial charge in [0.25, 0.3) is 5.69 Å². The predicted molar refractivity (Wildman–Crippen MR) is 77.7 cm³/mol. The van der Waals surface area contributed by atoms with Crippen molar-refractivity contribution in [2.45, 2.75) is 13.1 Å². The van der Waals surface area contributed by atoms with Gasteiger partial charge in [-0.25, -0.2) is 4.39 Å². The van der Waals surface area contributed by atoms with Gasteiger partial charge in [0.15, 0.2) is 0 Å². The molecule has 4 nitrogen and oxygen atoms in total. The van der Waals surface area contributed by atoms with Gasteiger partial charge in [0, 0.05) is 29.2 Å². The maximum Gasteiger partial charge on any atom is 0.273 e. The van der Waals surface area contributed by atoms with Crippen molar-refractivity contribution in [2.24, 2.45) is 0 Å². The SMILES string of the molecule is O=[N+]([O-])c1ccc(Br)cc1CNCc1cccc(F)c1. The van der Waals surface area contributed by atoms with Gasteiger partial charge in [0.2, 0.25) is 0 Å². The molecule has 2 aromatic carbocycles. The zero-order valence-electron chi connectivity index (χ0n) is 10.5. The third-order valence-corrected chi connectivity index (χ3v) is 3.27. The Morgan fingerprint density at radius 3 is 2.70 bits per heavy atom. The summed E-state index contributed by atoms with van der Waals surface area (Å²) in [7, 11) is 0. The average molecular weight is 339 g/mol. The van der Waals surface area contributed by atoms with Crippen LogP contribution in [0.3, 0.4) is 0 Å². The number of hydrogen-bond acceptors (Lipinski definition) is 3. The predicted octanol–water partition coefficient (Wildman–Crippen LogP) is 3.79. The molecule has 0 radical (unpaired) electrons. The highest BCUT2D eigenvalue weighted by Crippen LogP contribution is 2.22. The minimum atomic E-state index is -0.411. The lowest BCUT2D eigenvalue weighted by Gasteiger charge is -2.06. The molecule has 2 aromatic rings. The van der Waals surface area contributed by atoms with Crippen LogP contribution in [0.5, 0.6) is 0 Å². The molecule has 0 unspecified atom stereocenters. The smallest absolute Gasteiger partial charge is 0.273 e. The van der Waals surface area contributed by atoms with Crippen LogP contribution in [0.1, 0.15) is 11.1 Å². The molecule has 0 fully saturated rings. The van der Waals surface area contributed by atoms with Crippen molar-refractivity contribution < 1.29 is 9.31 Å². The van der Waals surface area contributed by atoms with E-state index in [-0.39, 0.29) is 11.5 Å². The molecule has 0 aliphatic rings. The largest absolute Gasteiger partial charge is 0.308 e. The van der Waals surface area contributed by atoms with Crippen LogP contribution >= 0.6 is 15.9 Å². The molecular formula is C14H12BrFN2O2. The molecule has 0 saturated heterocycles. The number of hydrogen-bond donors (Lipinski definition) is 1. The van der Waals surface area contributed by atoms with E-state index in [0.29, 0.717) is 18.7 Å². The maximum atomic E-state index is 13.0. The van der Waals surface area contributed by atoms with Crippen molar-refractivity contribution in [2.75, 3.05) is 0 Å². The van der Waals surface area contributed by atoms with Crippen LogP contribution in [-0.2, 0) is 13.1 Å². The Morgan fingerprint density at radius 2 is 2.00 bits per heavy atom. The molecule has 0 spiro atoms. The highest BCUT2D eigenvalue weighted by atomic mass is 79.9. The number of halogens is 2. The lowest BCUT2D eigenvalue weighted by atomic mass is 10.1. The fraction of sp³-hybridized carbons (Fsp3) is 0.143. The normalized spacial score (nSPS) is 10.5. The molecule has 1 N–H and O–H groups in total. The van der Waals surface area contributed by atoms with E-state index in [1.54, 1.807) is 24.3 Å². The summed E-state index contributed by atoms with van der Waals surface area (Å²) >= 11 is 3.29. The lowest BCUT2D eigenvalue weighted by Crippen LogP contribution is -2.14. The number of rotatable bonds is 5. The first-order chi connectivity index (χ1) is 9.56. The summed E-state index contributed by atoms with van der Waals surface area (Å²) in [6.45, 7) is 0.785. The van der Waals surface area contributed by atoms with Gasteiger partial charge in [0.05, 0.1) is 4.92 Å². The topological polar surface area (TPSA) is 55.2 Å². The Bertz CT molecular complexity index is 634. The van der Waals surface area contributed by atoms with Crippen molar-refractivity contribution in [3.63, 3.8) is 0 Å². The van der Waals surface area contributed by atoms with E-state index in [0.717, 1.165) is 10.0 Å². The van der Waals surface area contributed by atoms with Gasteiger partial charge in [-0.15, -0.1) is 0 Å². The van der Waals surface area contributed by atoms with Crippen molar-refractivity contribution in [1.29, 1.82) is 0 Å². The Morgan fingerprint density at radius 1 is 1.20 bits per heavy atom. The molecule has 0 heterocycles. The second kappa shape index (κ2) is 6.58. The fourth-order valence-corrected chi connectivity index (χ4v) is 2.27. The van der Waals surface area contributed by atoms with E-state index in [9.17, 15) is 14.5 Å². The summed E-state index contributed by atoms with van der Waals surface area (Å²) in [5.41, 5.74) is 1.45. The van der Waals surface area contributed by atoms with Gasteiger partial charge in [-0.1, -0.05) is 28.1 Å². The van der Waals surface area contributed by atoms with Gasteiger partial charge in [-0.3, -0.25) is 10.1 Å². The van der Waals surface area contributed by atoms with E-state index in [1.807, 2.05) is 0 Å². The van der Waals surface area contributed by atoms with Crippen LogP contribution in [0.2, 0.25) is 0 Å². The standard InChI is InChI=1S/C14H12BrFN2O2/c15-12-4-5-14(18(19)20)11(7-12)9-17-8-10-2-1-3-13(16)6-10/h1-7,17H,8-9H2. The molecule has 20 heavy (non-hydrogen) atoms. The summed E-state index contributed by atoms with van der Waals surface area (Å²) in [5.74, 6) is -0.294. The summed E-state index contributed by atoms with van der Waals surface area (Å²) < 4.78 is 13.8. The molecule has 104 valence electrons. The van der Waals surface area contributed by atoms with Gasteiger partial charge < -0.3 is 5.32 Å². The second-order valence-electron chi connectivity index (χ2n) is 4.26. The van der Waals surface area contributed by atoms with Crippen molar-refractivity contribution in [3.05, 3.63) is 74.0 Å². The third-order valence-electron chi connectivity index (χ3n) is 2.77. The maximum absolute atomic E-state index is 13.0. The third kappa shape index (κ3) is 3.85. The molecule has 0 aromatic heterocycles. The first-order valence-electron chi connectivity index (χ1n) is 5.94. The number of nitro groups is 1. The summed E-state index contributed by atoms with van der Waals surface area (Å²) in [6.07, 6.45) is 0. The minimum absolute atomic E-state index is 0.0694. The minimum Gasteiger partial charge on any atom is -0.308 e. The lowest BCUT2D eigenvalue weighted by molar-refractivity contribution is -0.385. The Kier molecular flexibility index (Phi) is 4.81. The van der Waals surface area contributed by atoms with Crippen molar-refractivity contribution >= 4 is 21.6 Å². The quantitative estimate of drug-likeness (QED) is 0.666. The average Bonchev–Trinajstić information content (AvgIpc) is 2.38. The number of nitrogens with one attached hydrogen (secondary N) is 1. The summed E-state index contributed by atoms with van der Waals surface area (Å²) in [6, 6.07) is 11.0. The van der Waals surface area contributed by atoms with Crippen LogP contribution in [0.25, 0.3) is 0 Å². The molecule has 6 heteroatoms. The van der Waals surface area contributed by atoms with Crippen molar-refractivity contribution in [3.8, 4) is 0 Å². The van der Waals surface area contributed by atoms with E-state index in [2.05, 4.69) is 21.2 Å². The summed E-state index contributed by atoms with van der Waals surface area (Å²) in [5, 5.41) is 14.0. The highest BCUT2D eigenvalue weighted by Gasteiger charge is 2.13. The summed E-state index contributed by atoms with van der Waals surface area (Å²) in [4.78, 5) is 10.5. The zero-order chi connectivity index (χ0) is 14.5. The van der Waals surface area contributed by atoms with Gasteiger partial charge in [0.1, 0.15) is 5.82 Å². The number of nitrogens with zero attached hydrogens (tertiary/aromatic N) is 1. The van der Waals surface area contributed by atoms with Crippen LogP contribution in [0.4, 0.5) is 10.1 Å². The van der Waals surface area contributed by atoms with E-state index in [1.165, 1.54) is 18.2 Å².